The van der Waals surface area contributed by atoms with Gasteiger partial charge in [0.1, 0.15) is 10.3 Å². The summed E-state index contributed by atoms with van der Waals surface area (Å²) in [4.78, 5) is 16.9. The molecule has 0 amide bonds. The highest BCUT2D eigenvalue weighted by molar-refractivity contribution is 7.91. The molecule has 172 valence electrons. The molecule has 0 fully saturated rings. The molecule has 10 heteroatoms. The van der Waals surface area contributed by atoms with Crippen molar-refractivity contribution >= 4 is 27.3 Å². The fourth-order valence-electron chi connectivity index (χ4n) is 3.17. The van der Waals surface area contributed by atoms with E-state index in [0.29, 0.717) is 31.0 Å². The van der Waals surface area contributed by atoms with Crippen LogP contribution in [0.4, 0.5) is 0 Å². The molecule has 2 atom stereocenters. The number of ether oxygens (including phenoxy) is 1. The zero-order chi connectivity index (χ0) is 23.1. The number of carbonyl (C=O) groups is 1. The van der Waals surface area contributed by atoms with Crippen LogP contribution in [0.2, 0.25) is 0 Å². The van der Waals surface area contributed by atoms with Crippen molar-refractivity contribution in [3.05, 3.63) is 65.1 Å². The molecule has 2 unspecified atom stereocenters. The number of likely N-dealkylation sites (N-methyl/N-ethyl adjacent to an activating group) is 1. The molecule has 0 N–H and O–H groups in total. The lowest BCUT2D eigenvalue weighted by atomic mass is 10.0. The van der Waals surface area contributed by atoms with Gasteiger partial charge in [-0.15, -0.1) is 11.3 Å². The van der Waals surface area contributed by atoms with Crippen molar-refractivity contribution in [3.63, 3.8) is 0 Å². The summed E-state index contributed by atoms with van der Waals surface area (Å²) >= 11 is 1.15. The van der Waals surface area contributed by atoms with E-state index in [1.807, 2.05) is 37.3 Å². The van der Waals surface area contributed by atoms with Crippen molar-refractivity contribution in [2.75, 3.05) is 7.05 Å². The second-order valence-corrected chi connectivity index (χ2v) is 10.5. The molecule has 0 spiro atoms. The highest BCUT2D eigenvalue weighted by atomic mass is 32.2. The number of hydrogen-bond acceptors (Lipinski definition) is 8. The van der Waals surface area contributed by atoms with E-state index in [2.05, 4.69) is 10.1 Å². The van der Waals surface area contributed by atoms with Gasteiger partial charge < -0.3 is 9.26 Å². The number of nitrogens with zero attached hydrogens (tertiary/aromatic N) is 3. The van der Waals surface area contributed by atoms with E-state index in [1.165, 1.54) is 11.4 Å². The summed E-state index contributed by atoms with van der Waals surface area (Å²) < 4.78 is 38.4. The Balaban J connectivity index is 1.69. The Morgan fingerprint density at radius 1 is 1.22 bits per heavy atom. The summed E-state index contributed by atoms with van der Waals surface area (Å²) in [5.41, 5.74) is 0.728. The first-order chi connectivity index (χ1) is 15.3. The minimum atomic E-state index is -3.70. The molecule has 0 radical (unpaired) electrons. The lowest BCUT2D eigenvalue weighted by Crippen LogP contribution is -2.40. The van der Waals surface area contributed by atoms with Crippen LogP contribution in [-0.2, 0) is 32.4 Å². The van der Waals surface area contributed by atoms with Crippen LogP contribution in [0.15, 0.2) is 56.6 Å². The van der Waals surface area contributed by atoms with Crippen molar-refractivity contribution in [1.82, 2.24) is 14.4 Å². The van der Waals surface area contributed by atoms with E-state index >= 15 is 0 Å². The van der Waals surface area contributed by atoms with E-state index in [9.17, 15) is 13.2 Å². The maximum absolute atomic E-state index is 13.0. The molecule has 0 saturated carbocycles. The molecular formula is C22H27N3O5S2. The summed E-state index contributed by atoms with van der Waals surface area (Å²) in [5.74, 6) is 0.711. The predicted molar refractivity (Wildman–Crippen MR) is 121 cm³/mol. The maximum atomic E-state index is 13.0. The third-order valence-electron chi connectivity index (χ3n) is 5.12. The van der Waals surface area contributed by atoms with Crippen LogP contribution in [0.1, 0.15) is 50.1 Å². The number of rotatable bonds is 11. The predicted octanol–water partition coefficient (Wildman–Crippen LogP) is 4.01. The Morgan fingerprint density at radius 2 is 1.97 bits per heavy atom. The molecule has 2 heterocycles. The summed E-state index contributed by atoms with van der Waals surface area (Å²) in [5, 5.41) is 5.56. The zero-order valence-electron chi connectivity index (χ0n) is 18.3. The molecule has 3 rings (SSSR count). The fraction of sp³-hybridized carbons (Fsp3) is 0.409. The van der Waals surface area contributed by atoms with Crippen LogP contribution >= 0.6 is 11.3 Å². The van der Waals surface area contributed by atoms with Gasteiger partial charge in [0.05, 0.1) is 6.04 Å². The number of esters is 1. The largest absolute Gasteiger partial charge is 0.456 e. The first kappa shape index (κ1) is 24.1. The quantitative estimate of drug-likeness (QED) is 0.384. The van der Waals surface area contributed by atoms with Crippen LogP contribution in [0.25, 0.3) is 0 Å². The molecule has 1 aromatic carbocycles. The Bertz CT molecular complexity index is 1100. The second kappa shape index (κ2) is 10.8. The Hall–Kier alpha value is -2.56. The van der Waals surface area contributed by atoms with Crippen LogP contribution in [0.5, 0.6) is 0 Å². The van der Waals surface area contributed by atoms with Crippen LogP contribution in [-0.4, -0.2) is 41.9 Å². The second-order valence-electron chi connectivity index (χ2n) is 7.33. The molecule has 0 aliphatic rings. The normalized spacial score (nSPS) is 13.8. The van der Waals surface area contributed by atoms with Gasteiger partial charge in [-0.05, 0) is 30.4 Å². The standard InChI is InChI=1S/C22H27N3O5S2/c1-4-18-23-19(30-24-18)12-8-13-20(26)29-22(17-10-6-5-7-11-17)16(2)25(3)32(27,28)21-14-9-15-31-21/h5-7,9-11,14-16,22H,4,8,12-13H2,1-3H3. The van der Waals surface area contributed by atoms with Gasteiger partial charge in [-0.2, -0.15) is 9.29 Å². The zero-order valence-corrected chi connectivity index (χ0v) is 19.9. The summed E-state index contributed by atoms with van der Waals surface area (Å²) in [7, 11) is -2.20. The van der Waals surface area contributed by atoms with Crippen molar-refractivity contribution < 1.29 is 22.5 Å². The number of benzene rings is 1. The summed E-state index contributed by atoms with van der Waals surface area (Å²) in [6.45, 7) is 3.67. The number of thiophene rings is 1. The first-order valence-corrected chi connectivity index (χ1v) is 12.7. The Morgan fingerprint density at radius 3 is 2.59 bits per heavy atom. The number of sulfonamides is 1. The fourth-order valence-corrected chi connectivity index (χ4v) is 5.71. The first-order valence-electron chi connectivity index (χ1n) is 10.4. The molecule has 3 aromatic rings. The molecular weight excluding hydrogens is 450 g/mol. The van der Waals surface area contributed by atoms with Crippen molar-refractivity contribution in [1.29, 1.82) is 0 Å². The molecule has 8 nitrogen and oxygen atoms in total. The monoisotopic (exact) mass is 477 g/mol. The Kier molecular flexibility index (Phi) is 8.16. The van der Waals surface area contributed by atoms with Gasteiger partial charge >= 0.3 is 5.97 Å². The third-order valence-corrected chi connectivity index (χ3v) is 8.44. The summed E-state index contributed by atoms with van der Waals surface area (Å²) in [6, 6.07) is 11.8. The smallest absolute Gasteiger partial charge is 0.306 e. The molecule has 0 aliphatic heterocycles. The number of hydrogen-bond donors (Lipinski definition) is 0. The van der Waals surface area contributed by atoms with Crippen LogP contribution in [0, 0.1) is 0 Å². The third kappa shape index (κ3) is 5.81. The average Bonchev–Trinajstić information content (AvgIpc) is 3.49. The average molecular weight is 478 g/mol. The van der Waals surface area contributed by atoms with Gasteiger partial charge in [-0.3, -0.25) is 4.79 Å². The van der Waals surface area contributed by atoms with E-state index in [1.54, 1.807) is 24.4 Å². The summed E-state index contributed by atoms with van der Waals surface area (Å²) in [6.07, 6.45) is 1.05. The van der Waals surface area contributed by atoms with E-state index in [4.69, 9.17) is 9.26 Å². The lowest BCUT2D eigenvalue weighted by molar-refractivity contribution is -0.152. The number of carbonyl (C=O) groups excluding carboxylic acids is 1. The molecule has 32 heavy (non-hydrogen) atoms. The molecule has 0 aliphatic carbocycles. The van der Waals surface area contributed by atoms with Crippen molar-refractivity contribution in [2.24, 2.45) is 0 Å². The minimum absolute atomic E-state index is 0.154. The number of aromatic nitrogens is 2. The van der Waals surface area contributed by atoms with Crippen molar-refractivity contribution in [2.45, 2.75) is 55.9 Å². The molecule has 0 bridgehead atoms. The Labute approximate surface area is 192 Å². The van der Waals surface area contributed by atoms with Crippen molar-refractivity contribution in [3.8, 4) is 0 Å². The van der Waals surface area contributed by atoms with Crippen LogP contribution < -0.4 is 0 Å². The highest BCUT2D eigenvalue weighted by Gasteiger charge is 2.34. The van der Waals surface area contributed by atoms with E-state index < -0.39 is 28.1 Å². The van der Waals surface area contributed by atoms with Crippen LogP contribution in [0.3, 0.4) is 0 Å². The van der Waals surface area contributed by atoms with E-state index in [0.717, 1.165) is 16.9 Å². The maximum Gasteiger partial charge on any atom is 0.306 e. The SMILES string of the molecule is CCc1noc(CCCC(=O)OC(c2ccccc2)C(C)N(C)S(=O)(=O)c2cccs2)n1. The van der Waals surface area contributed by atoms with Gasteiger partial charge in [0.25, 0.3) is 10.0 Å². The topological polar surface area (TPSA) is 103 Å². The van der Waals surface area contributed by atoms with E-state index in [-0.39, 0.29) is 10.6 Å². The van der Waals surface area contributed by atoms with Gasteiger partial charge in [0, 0.05) is 26.3 Å². The van der Waals surface area contributed by atoms with Gasteiger partial charge in [-0.1, -0.05) is 48.5 Å². The highest BCUT2D eigenvalue weighted by Crippen LogP contribution is 2.30. The molecule has 2 aromatic heterocycles. The number of aryl methyl sites for hydroxylation is 2. The molecule has 0 saturated heterocycles. The van der Waals surface area contributed by atoms with Gasteiger partial charge in [-0.25, -0.2) is 8.42 Å². The lowest BCUT2D eigenvalue weighted by Gasteiger charge is -2.31. The minimum Gasteiger partial charge on any atom is -0.456 e. The van der Waals surface area contributed by atoms with Gasteiger partial charge in [0.15, 0.2) is 5.82 Å². The van der Waals surface area contributed by atoms with Gasteiger partial charge in [0.2, 0.25) is 5.89 Å².